The third kappa shape index (κ3) is 23.5. The molecule has 44 heteroatoms. The van der Waals surface area contributed by atoms with Crippen molar-refractivity contribution in [3.8, 4) is 80.1 Å². The Morgan fingerprint density at radius 3 is 1.82 bits per heavy atom. The smallest absolute Gasteiger partial charge is 0.417 e. The number of phenols is 3. The summed E-state index contributed by atoms with van der Waals surface area (Å²) in [5, 5.41) is 143. The fourth-order valence-electron chi connectivity index (χ4n) is 19.8. The van der Waals surface area contributed by atoms with E-state index in [0.29, 0.717) is 76.6 Å². The largest absolute Gasteiger partial charge is 0.508 e. The van der Waals surface area contributed by atoms with Crippen molar-refractivity contribution in [2.75, 3.05) is 87.2 Å². The molecule has 11 heterocycles. The van der Waals surface area contributed by atoms with Crippen molar-refractivity contribution >= 4 is 84.4 Å². The number of nitrogens with one attached hydrogen (secondary N) is 9. The lowest BCUT2D eigenvalue weighted by Crippen LogP contribution is -2.66. The van der Waals surface area contributed by atoms with Crippen LogP contribution in [0.3, 0.4) is 0 Å². The van der Waals surface area contributed by atoms with Crippen molar-refractivity contribution in [2.24, 2.45) is 5.92 Å². The third-order valence-electron chi connectivity index (χ3n) is 27.5. The van der Waals surface area contributed by atoms with Gasteiger partial charge >= 0.3 is 13.9 Å². The molecule has 17 bridgehead atoms. The molecule has 0 spiro atoms. The fraction of sp³-hybridized carbons (Fsp3) is 0.495. The number of hydrogen-bond donors (Lipinski definition) is 19. The van der Waals surface area contributed by atoms with E-state index in [1.165, 1.54) is 73.8 Å². The van der Waals surface area contributed by atoms with E-state index in [1.807, 2.05) is 4.90 Å². The lowest BCUT2D eigenvalue weighted by molar-refractivity contribution is -0.277. The summed E-state index contributed by atoms with van der Waals surface area (Å²) in [7, 11) is 2.83. The van der Waals surface area contributed by atoms with E-state index in [-0.39, 0.29) is 75.4 Å². The lowest BCUT2D eigenvalue weighted by Gasteiger charge is -2.41. The highest BCUT2D eigenvalue weighted by Gasteiger charge is 2.63. The van der Waals surface area contributed by atoms with Gasteiger partial charge in [0.05, 0.1) is 23.8 Å². The minimum atomic E-state index is -3.21. The van der Waals surface area contributed by atoms with Gasteiger partial charge in [-0.1, -0.05) is 106 Å². The average Bonchev–Trinajstić information content (AvgIpc) is 1.63. The number of halogens is 2. The second-order valence-corrected chi connectivity index (χ2v) is 42.1. The van der Waals surface area contributed by atoms with E-state index in [0.717, 1.165) is 126 Å². The molecule has 5 fully saturated rings. The molecule has 19 N–H and O–H groups in total. The highest BCUT2D eigenvalue weighted by Crippen LogP contribution is 2.71. The van der Waals surface area contributed by atoms with Crippen molar-refractivity contribution in [3.63, 3.8) is 0 Å². The maximum atomic E-state index is 17.4. The minimum Gasteiger partial charge on any atom is -0.508 e. The molecule has 0 aromatic heterocycles. The van der Waals surface area contributed by atoms with E-state index in [2.05, 4.69) is 75.7 Å². The van der Waals surface area contributed by atoms with E-state index < -0.39 is 245 Å². The summed E-state index contributed by atoms with van der Waals surface area (Å²) in [6.45, 7) is 7.38. The number of amides is 8. The van der Waals surface area contributed by atoms with Gasteiger partial charge in [0.1, 0.15) is 126 Å². The Balaban J connectivity index is 0.933. The number of ether oxygens (including phenoxy) is 8. The van der Waals surface area contributed by atoms with Gasteiger partial charge in [-0.25, -0.2) is 4.79 Å². The number of nitrogens with zero attached hydrogens (tertiary/aromatic N) is 4. The van der Waals surface area contributed by atoms with Gasteiger partial charge in [0.25, 0.3) is 0 Å². The molecule has 11 aliphatic rings. The van der Waals surface area contributed by atoms with Crippen LogP contribution in [0.4, 0.5) is 0 Å². The Morgan fingerprint density at radius 2 is 1.17 bits per heavy atom. The number of benzene rings is 7. The van der Waals surface area contributed by atoms with Gasteiger partial charge in [-0.15, -0.1) is 14.0 Å². The van der Waals surface area contributed by atoms with E-state index >= 15 is 33.6 Å². The van der Waals surface area contributed by atoms with Crippen LogP contribution in [-0.4, -0.2) is 284 Å². The summed E-state index contributed by atoms with van der Waals surface area (Å²) in [4.78, 5) is 145. The summed E-state index contributed by atoms with van der Waals surface area (Å²) < 4.78 is 66.2. The molecule has 7 aromatic rings. The molecule has 780 valence electrons. The summed E-state index contributed by atoms with van der Waals surface area (Å²) in [6.07, 6.45) is -10.2. The van der Waals surface area contributed by atoms with Gasteiger partial charge in [-0.2, -0.15) is 0 Å². The Hall–Kier alpha value is -11.6. The van der Waals surface area contributed by atoms with Gasteiger partial charge in [-0.05, 0) is 191 Å². The zero-order chi connectivity index (χ0) is 103. The molecule has 5 saturated heterocycles. The second kappa shape index (κ2) is 46.6. The van der Waals surface area contributed by atoms with Crippen LogP contribution in [0.5, 0.6) is 69.0 Å². The molecule has 41 nitrogen and oxygen atoms in total. The molecule has 7 aromatic carbocycles. The monoisotopic (exact) mass is 2070 g/mol. The number of likely N-dealkylation sites (N-methyl/N-ethyl adjacent to an activating group) is 1. The van der Waals surface area contributed by atoms with Crippen molar-refractivity contribution < 1.29 is 137 Å². The van der Waals surface area contributed by atoms with Crippen LogP contribution in [-0.2, 0) is 63.8 Å². The predicted octanol–water partition coefficient (Wildman–Crippen LogP) is 6.89. The number of rotatable bonds is 27. The zero-order valence-corrected chi connectivity index (χ0v) is 83.3. The highest BCUT2D eigenvalue weighted by atomic mass is 35.5. The molecule has 0 saturated carbocycles. The number of aliphatic hydroxyl groups is 7. The molecule has 8 amide bonds. The van der Waals surface area contributed by atoms with Crippen LogP contribution < -0.4 is 76.1 Å². The normalized spacial score (nSPS) is 26.4. The molecule has 11 aliphatic heterocycles. The first kappa shape index (κ1) is 106. The van der Waals surface area contributed by atoms with Crippen LogP contribution in [0, 0.1) is 5.92 Å². The molecular formula is C101H125Cl2N13O28P+. The molecule has 18 atom stereocenters. The number of esters is 1. The molecule has 0 aliphatic carbocycles. The fourth-order valence-corrected chi connectivity index (χ4v) is 24.6. The van der Waals surface area contributed by atoms with Crippen LogP contribution in [0.1, 0.15) is 185 Å². The third-order valence-corrected chi connectivity index (χ3v) is 32.0. The number of aromatic hydroxyl groups is 3. The van der Waals surface area contributed by atoms with E-state index in [9.17, 15) is 60.7 Å². The Labute approximate surface area is 847 Å². The van der Waals surface area contributed by atoms with Crippen molar-refractivity contribution in [1.29, 1.82) is 0 Å². The summed E-state index contributed by atoms with van der Waals surface area (Å²) in [5.74, 6) is -15.0. The van der Waals surface area contributed by atoms with E-state index in [1.54, 1.807) is 14.1 Å². The van der Waals surface area contributed by atoms with Gasteiger partial charge in [0.15, 0.2) is 29.1 Å². The summed E-state index contributed by atoms with van der Waals surface area (Å²) in [5.41, 5.74) is -2.16. The molecule has 0 unspecified atom stereocenters. The topological polar surface area (TPSA) is 560 Å². The van der Waals surface area contributed by atoms with Crippen LogP contribution in [0.25, 0.3) is 11.1 Å². The number of unbranched alkanes of at least 4 members (excludes halogenated alkanes) is 5. The Bertz CT molecular complexity index is 5880. The molecular weight excluding hydrogens is 1950 g/mol. The van der Waals surface area contributed by atoms with E-state index in [4.69, 9.17) is 65.6 Å². The van der Waals surface area contributed by atoms with Crippen molar-refractivity contribution in [1.82, 2.24) is 66.8 Å². The Kier molecular flexibility index (Phi) is 34.2. The van der Waals surface area contributed by atoms with Crippen LogP contribution in [0.15, 0.2) is 115 Å². The highest BCUT2D eigenvalue weighted by molar-refractivity contribution is 7.64. The number of carbonyl (C=O) groups excluding carboxylic acids is 9. The maximum absolute atomic E-state index is 17.4. The van der Waals surface area contributed by atoms with Gasteiger partial charge in [0, 0.05) is 87.5 Å². The number of phenolic OH excluding ortho intramolecular Hbond substituents is 3. The second-order valence-electron chi connectivity index (χ2n) is 38.5. The Morgan fingerprint density at radius 1 is 0.552 bits per heavy atom. The molecule has 0 radical (unpaired) electrons. The SMILES string of the molecule is CN[C@@H]1C(=O)N[C@@H]2Cc3ccc(cc3)Oc3cc4cc(c3O[C@@H]3O[C@H](C(=O)OC)[C@@H](O)[C@H](O)[C@H]3NC(=O)CCCCCCCCC(C)C)Oc3ccc(cc3Cl)[C@@H](O)[C@@H]3NC(=O)[C@H](NC(=O)[C@@H]4NC(=O)[C@@H](NC2=O)c2cc(cc(O[P+](N4CCCC4)(N4CCCC4)N4CCCC4)c2Cl)Oc2cc1ccc2O)c1ccc(O)c(c1)-c1c(O[C@H]2O[C@H](CO)[C@@H](O)[C@H](O)[C@@H]2O)cc(O)cc1[C@@H](C(=O)NCCCN(C)C)NC3=O. The number of carbonyl (C=O) groups is 9. The van der Waals surface area contributed by atoms with Crippen molar-refractivity contribution in [2.45, 2.75) is 226 Å². The number of hydrogen-bond acceptors (Lipinski definition) is 33. The number of fused-ring (bicyclic) bond motifs is 14. The number of methoxy groups -OCH3 is 1. The first-order chi connectivity index (χ1) is 69.6. The van der Waals surface area contributed by atoms with Gasteiger partial charge < -0.3 is 142 Å². The van der Waals surface area contributed by atoms with Gasteiger partial charge in [-0.3, -0.25) is 42.9 Å². The molecule has 145 heavy (non-hydrogen) atoms. The van der Waals surface area contributed by atoms with Crippen LogP contribution >= 0.6 is 31.1 Å². The quantitative estimate of drug-likeness (QED) is 0.0141. The summed E-state index contributed by atoms with van der Waals surface area (Å²) >= 11 is 15.5. The molecule has 18 rings (SSSR count). The zero-order valence-electron chi connectivity index (χ0n) is 80.9. The first-order valence-electron chi connectivity index (χ1n) is 49.0. The number of aliphatic hydroxyl groups excluding tert-OH is 7. The van der Waals surface area contributed by atoms with Crippen molar-refractivity contribution in [3.05, 3.63) is 164 Å². The van der Waals surface area contributed by atoms with Crippen LogP contribution in [0.2, 0.25) is 10.0 Å². The van der Waals surface area contributed by atoms with Gasteiger partial charge in [0.2, 0.25) is 71.3 Å². The lowest BCUT2D eigenvalue weighted by atomic mass is 9.89. The predicted molar refractivity (Wildman–Crippen MR) is 525 cm³/mol. The first-order valence-corrected chi connectivity index (χ1v) is 51.4. The average molecular weight is 2070 g/mol. The minimum absolute atomic E-state index is 0.0706. The maximum Gasteiger partial charge on any atom is 0.417 e. The standard InChI is InChI=1S/C101H124Cl2N13O28P/c1-51(2)20-11-9-7-8-10-12-21-74(121)107-83-86(124)88(126)91(99(135)136-6)143-100(83)142-90-71-44-56-45-72(90)139-67-31-26-55(42-63(67)102)84(122)82-98(134)111-80(93(129)105-32-19-33-113(4)5)61-46-57(118)47-69(140-101-89(127)87(125)85(123)73(50-117)141-101)75(61)60-41-53(24-29-65(60)119)78(95(131)112-82)108-96(132)79(56)109-97(133)81-62-48-59(49-70(76(62)103)144-145(114-34-13-14-35-114,115-36-15-16-37-115)116-38-17-18-39-116)138-68-43-54(25-30-66(68)120)77(104-3)94(130)106-64(92(128)110-81)40-52-22-27-58(137-71)28-23-52/h22-31,41-49,51,64,73,77-89,91,100-101,104,117,122-127H,7-21,32-40,50H2,1-6H3,(H10-,105,106,107,108,109,110,111,112,118,119,120,121,128,129,130,131,132,133,134)/p+1/t64-,73-,77+,78-,79-,80+,81+,82+,83-,84-,85-,86-,87+,88+,89+,91+,100-,101+/m1/s1. The summed E-state index contributed by atoms with van der Waals surface area (Å²) in [6, 6.07) is 7.80.